The van der Waals surface area contributed by atoms with Crippen molar-refractivity contribution in [2.75, 3.05) is 36.9 Å². The number of nitrogens with two attached hydrogens (primary N) is 1. The Kier molecular flexibility index (Phi) is 8.76. The lowest BCUT2D eigenvalue weighted by Crippen LogP contribution is -2.41. The van der Waals surface area contributed by atoms with E-state index in [1.165, 1.54) is 18.2 Å². The van der Waals surface area contributed by atoms with Crippen LogP contribution in [0, 0.1) is 5.82 Å². The van der Waals surface area contributed by atoms with Crippen LogP contribution in [0.15, 0.2) is 37.4 Å². The molecule has 0 unspecified atom stereocenters. The van der Waals surface area contributed by atoms with Gasteiger partial charge in [0.05, 0.1) is 11.1 Å². The minimum atomic E-state index is -0.902. The van der Waals surface area contributed by atoms with Crippen LogP contribution in [0.5, 0.6) is 0 Å². The minimum Gasteiger partial charge on any atom is -0.409 e. The van der Waals surface area contributed by atoms with Gasteiger partial charge in [0.15, 0.2) is 5.69 Å². The summed E-state index contributed by atoms with van der Waals surface area (Å²) in [5, 5.41) is 39.8. The average molecular weight is 488 g/mol. The van der Waals surface area contributed by atoms with E-state index in [0.717, 1.165) is 0 Å². The number of amides is 2. The van der Waals surface area contributed by atoms with Crippen molar-refractivity contribution in [1.82, 2.24) is 20.9 Å². The molecule has 8 N–H and O–H groups in total. The number of aliphatic imine (C=N–C) groups is 1. The number of anilines is 2. The fraction of sp³-hybridized carbons (Fsp3) is 0.267. The number of carbonyl (C=O) groups is 1. The van der Waals surface area contributed by atoms with E-state index in [4.69, 9.17) is 10.8 Å². The molecule has 0 aliphatic rings. The Balaban J connectivity index is 1.96. The third kappa shape index (κ3) is 6.85. The number of nitrogens with one attached hydrogen (secondary N) is 4. The molecule has 0 atom stereocenters. The maximum absolute atomic E-state index is 13.4. The Morgan fingerprint density at radius 3 is 2.70 bits per heavy atom. The van der Waals surface area contributed by atoms with Crippen LogP contribution in [0.2, 0.25) is 0 Å². The third-order valence-electron chi connectivity index (χ3n) is 3.33. The van der Waals surface area contributed by atoms with Crippen molar-refractivity contribution in [1.29, 1.82) is 0 Å². The predicted octanol–water partition coefficient (Wildman–Crippen LogP) is 0.237. The van der Waals surface area contributed by atoms with Crippen LogP contribution in [0.25, 0.3) is 0 Å². The summed E-state index contributed by atoms with van der Waals surface area (Å²) in [5.41, 5.74) is 5.51. The lowest BCUT2D eigenvalue weighted by molar-refractivity contribution is 0.256. The normalized spacial score (nSPS) is 11.8. The van der Waals surface area contributed by atoms with Gasteiger partial charge in [-0.25, -0.2) is 13.8 Å². The van der Waals surface area contributed by atoms with Gasteiger partial charge >= 0.3 is 6.03 Å². The number of guanidine groups is 1. The number of amidine groups is 1. The standard InChI is InChI=1S/C15H19BrFN9O4/c16-9-7-8(1-2-10(9)17)22-13(24-29)11-12(26-30-25-11)19-3-4-20-15(21-5-6-27)23-14(18)28/h1-2,7,27,29H,3-6H2,(H,19,26)(H,22,24)(H4,18,20,21,23,28). The molecule has 0 bridgehead atoms. The number of halogens is 2. The second-order valence-electron chi connectivity index (χ2n) is 5.47. The van der Waals surface area contributed by atoms with Gasteiger partial charge in [-0.15, -0.1) is 0 Å². The summed E-state index contributed by atoms with van der Waals surface area (Å²) in [5.74, 6) is -0.285. The Morgan fingerprint density at radius 1 is 1.27 bits per heavy atom. The highest BCUT2D eigenvalue weighted by molar-refractivity contribution is 9.10. The minimum absolute atomic E-state index is 0.0716. The lowest BCUT2D eigenvalue weighted by Gasteiger charge is -2.11. The molecule has 1 aromatic carbocycles. The van der Waals surface area contributed by atoms with Crippen LogP contribution in [-0.2, 0) is 0 Å². The van der Waals surface area contributed by atoms with Crippen molar-refractivity contribution in [3.63, 3.8) is 0 Å². The Hall–Kier alpha value is -3.46. The number of oxime groups is 1. The number of primary amides is 1. The van der Waals surface area contributed by atoms with Gasteiger partial charge in [-0.1, -0.05) is 5.16 Å². The number of aliphatic hydroxyl groups excluding tert-OH is 1. The Labute approximate surface area is 177 Å². The zero-order chi connectivity index (χ0) is 21.9. The first-order valence-electron chi connectivity index (χ1n) is 8.42. The van der Waals surface area contributed by atoms with Crippen molar-refractivity contribution in [2.45, 2.75) is 0 Å². The van der Waals surface area contributed by atoms with Gasteiger partial charge in [-0.05, 0) is 44.4 Å². The summed E-state index contributed by atoms with van der Waals surface area (Å²) in [4.78, 5) is 14.4. The van der Waals surface area contributed by atoms with Gasteiger partial charge < -0.3 is 37.3 Å². The summed E-state index contributed by atoms with van der Waals surface area (Å²) in [6.07, 6.45) is 0. The molecular weight excluding hydrogens is 469 g/mol. The van der Waals surface area contributed by atoms with Crippen molar-refractivity contribution < 1.29 is 24.1 Å². The number of benzene rings is 1. The van der Waals surface area contributed by atoms with Gasteiger partial charge in [0.25, 0.3) is 0 Å². The largest absolute Gasteiger partial charge is 0.409 e. The zero-order valence-electron chi connectivity index (χ0n) is 15.4. The van der Waals surface area contributed by atoms with E-state index in [9.17, 15) is 14.4 Å². The molecule has 13 nitrogen and oxygen atoms in total. The fourth-order valence-electron chi connectivity index (χ4n) is 2.09. The van der Waals surface area contributed by atoms with Crippen LogP contribution < -0.4 is 27.0 Å². The highest BCUT2D eigenvalue weighted by Gasteiger charge is 2.18. The maximum Gasteiger partial charge on any atom is 0.341 e. The molecule has 2 rings (SSSR count). The third-order valence-corrected chi connectivity index (χ3v) is 3.94. The summed E-state index contributed by atoms with van der Waals surface area (Å²) in [6, 6.07) is 3.21. The highest BCUT2D eigenvalue weighted by Crippen LogP contribution is 2.21. The highest BCUT2D eigenvalue weighted by atomic mass is 79.9. The van der Waals surface area contributed by atoms with E-state index in [1.807, 2.05) is 0 Å². The van der Waals surface area contributed by atoms with E-state index < -0.39 is 11.8 Å². The van der Waals surface area contributed by atoms with Crippen molar-refractivity contribution in [2.24, 2.45) is 15.9 Å². The molecule has 0 saturated heterocycles. The molecule has 0 fully saturated rings. The van der Waals surface area contributed by atoms with E-state index >= 15 is 0 Å². The summed E-state index contributed by atoms with van der Waals surface area (Å²) in [6.45, 7) is 0.541. The van der Waals surface area contributed by atoms with Crippen LogP contribution in [0.1, 0.15) is 5.69 Å². The number of urea groups is 1. The number of aliphatic hydroxyl groups is 1. The fourth-order valence-corrected chi connectivity index (χ4v) is 2.47. The first kappa shape index (κ1) is 22.8. The summed E-state index contributed by atoms with van der Waals surface area (Å²) in [7, 11) is 0. The maximum atomic E-state index is 13.4. The topological polar surface area (TPSA) is 195 Å². The Bertz CT molecular complexity index is 921. The van der Waals surface area contributed by atoms with Crippen molar-refractivity contribution >= 4 is 45.3 Å². The van der Waals surface area contributed by atoms with Gasteiger partial charge in [0.2, 0.25) is 17.6 Å². The molecule has 1 heterocycles. The first-order valence-corrected chi connectivity index (χ1v) is 9.21. The van der Waals surface area contributed by atoms with E-state index in [0.29, 0.717) is 5.69 Å². The molecular formula is C15H19BrFN9O4. The van der Waals surface area contributed by atoms with Gasteiger partial charge in [0.1, 0.15) is 5.82 Å². The number of hydrogen-bond donors (Lipinski definition) is 7. The zero-order valence-corrected chi connectivity index (χ0v) is 17.0. The van der Waals surface area contributed by atoms with Crippen LogP contribution in [0.4, 0.5) is 20.7 Å². The number of carbonyl (C=O) groups excluding carboxylic acids is 1. The van der Waals surface area contributed by atoms with E-state index in [-0.39, 0.29) is 54.0 Å². The predicted molar refractivity (Wildman–Crippen MR) is 109 cm³/mol. The number of rotatable bonds is 8. The molecule has 0 aliphatic carbocycles. The number of nitrogens with zero attached hydrogens (tertiary/aromatic N) is 4. The molecule has 30 heavy (non-hydrogen) atoms. The second-order valence-corrected chi connectivity index (χ2v) is 6.32. The van der Waals surface area contributed by atoms with Crippen molar-refractivity contribution in [3.05, 3.63) is 34.2 Å². The van der Waals surface area contributed by atoms with Gasteiger partial charge in [-0.3, -0.25) is 0 Å². The van der Waals surface area contributed by atoms with Gasteiger partial charge in [0, 0.05) is 25.3 Å². The van der Waals surface area contributed by atoms with Crippen LogP contribution in [0.3, 0.4) is 0 Å². The molecule has 1 aromatic heterocycles. The molecule has 2 amide bonds. The van der Waals surface area contributed by atoms with Crippen LogP contribution >= 0.6 is 15.9 Å². The molecule has 2 aromatic rings. The van der Waals surface area contributed by atoms with Gasteiger partial charge in [-0.2, -0.15) is 4.99 Å². The lowest BCUT2D eigenvalue weighted by atomic mass is 10.3. The van der Waals surface area contributed by atoms with E-state index in [2.05, 4.69) is 62.3 Å². The quantitative estimate of drug-likeness (QED) is 0.0889. The second kappa shape index (κ2) is 11.5. The monoisotopic (exact) mass is 487 g/mol. The van der Waals surface area contributed by atoms with E-state index in [1.54, 1.807) is 0 Å². The molecule has 0 saturated carbocycles. The van der Waals surface area contributed by atoms with Crippen molar-refractivity contribution in [3.8, 4) is 0 Å². The average Bonchev–Trinajstić information content (AvgIpc) is 3.17. The molecule has 162 valence electrons. The summed E-state index contributed by atoms with van der Waals surface area (Å²) < 4.78 is 18.3. The number of aromatic nitrogens is 2. The Morgan fingerprint density at radius 2 is 2.03 bits per heavy atom. The first-order chi connectivity index (χ1) is 14.4. The SMILES string of the molecule is NC(=O)/N=C(\NCCO)NCCNc1nonc1/C(=N/O)Nc1ccc(F)c(Br)c1. The van der Waals surface area contributed by atoms with Crippen LogP contribution in [-0.4, -0.2) is 64.7 Å². The molecule has 0 radical (unpaired) electrons. The smallest absolute Gasteiger partial charge is 0.341 e. The molecule has 0 spiro atoms. The number of hydrogen-bond acceptors (Lipinski definition) is 8. The molecule has 0 aliphatic heterocycles. The summed E-state index contributed by atoms with van der Waals surface area (Å²) >= 11 is 3.06. The molecule has 15 heteroatoms.